The van der Waals surface area contributed by atoms with Gasteiger partial charge in [0.1, 0.15) is 0 Å². The molecule has 0 fully saturated rings. The second kappa shape index (κ2) is 5.64. The van der Waals surface area contributed by atoms with Crippen molar-refractivity contribution in [2.24, 2.45) is 0 Å². The Hall–Kier alpha value is -0.510. The predicted octanol–water partition coefficient (Wildman–Crippen LogP) is 4.85. The van der Waals surface area contributed by atoms with Crippen molar-refractivity contribution in [2.75, 3.05) is 0 Å². The Bertz CT molecular complexity index is 601. The molecule has 18 heavy (non-hydrogen) atoms. The minimum absolute atomic E-state index is 0.195. The first-order valence-corrected chi connectivity index (χ1v) is 6.44. The SMILES string of the molecule is OCc1cc(Cl)cnc1-c1cc(Cl)c(Cl)cc1Cl. The van der Waals surface area contributed by atoms with Gasteiger partial charge in [-0.15, -0.1) is 0 Å². The molecule has 0 radical (unpaired) electrons. The van der Waals surface area contributed by atoms with Crippen LogP contribution in [0.4, 0.5) is 0 Å². The number of halogens is 4. The van der Waals surface area contributed by atoms with Crippen LogP contribution in [-0.2, 0) is 6.61 Å². The molecule has 0 saturated heterocycles. The van der Waals surface area contributed by atoms with E-state index >= 15 is 0 Å². The van der Waals surface area contributed by atoms with Crippen molar-refractivity contribution in [1.82, 2.24) is 4.98 Å². The summed E-state index contributed by atoms with van der Waals surface area (Å²) in [5, 5.41) is 10.9. The standard InChI is InChI=1S/C12H7Cl4NO/c13-7-1-6(5-18)12(17-4-7)8-2-10(15)11(16)3-9(8)14/h1-4,18H,5H2. The first kappa shape index (κ1) is 13.9. The molecule has 0 aliphatic carbocycles. The van der Waals surface area contributed by atoms with Gasteiger partial charge in [0.2, 0.25) is 0 Å². The van der Waals surface area contributed by atoms with E-state index in [0.717, 1.165) is 0 Å². The van der Waals surface area contributed by atoms with Crippen LogP contribution in [0, 0.1) is 0 Å². The van der Waals surface area contributed by atoms with Crippen LogP contribution < -0.4 is 0 Å². The second-order valence-corrected chi connectivity index (χ2v) is 5.22. The number of hydrogen-bond acceptors (Lipinski definition) is 2. The van der Waals surface area contributed by atoms with E-state index in [2.05, 4.69) is 4.98 Å². The zero-order valence-electron chi connectivity index (χ0n) is 8.92. The lowest BCUT2D eigenvalue weighted by Gasteiger charge is -2.10. The lowest BCUT2D eigenvalue weighted by Crippen LogP contribution is -1.94. The van der Waals surface area contributed by atoms with Crippen LogP contribution in [0.3, 0.4) is 0 Å². The number of aromatic nitrogens is 1. The summed E-state index contributed by atoms with van der Waals surface area (Å²) in [6, 6.07) is 4.78. The highest BCUT2D eigenvalue weighted by molar-refractivity contribution is 6.44. The summed E-state index contributed by atoms with van der Waals surface area (Å²) < 4.78 is 0. The van der Waals surface area contributed by atoms with Crippen molar-refractivity contribution in [3.05, 3.63) is 50.0 Å². The minimum atomic E-state index is -0.195. The van der Waals surface area contributed by atoms with Crippen LogP contribution in [0.2, 0.25) is 20.1 Å². The van der Waals surface area contributed by atoms with Crippen LogP contribution in [0.25, 0.3) is 11.3 Å². The van der Waals surface area contributed by atoms with Gasteiger partial charge in [0.25, 0.3) is 0 Å². The summed E-state index contributed by atoms with van der Waals surface area (Å²) in [5.74, 6) is 0. The molecule has 6 heteroatoms. The lowest BCUT2D eigenvalue weighted by molar-refractivity contribution is 0.282. The summed E-state index contributed by atoms with van der Waals surface area (Å²) >= 11 is 23.8. The van der Waals surface area contributed by atoms with Crippen LogP contribution >= 0.6 is 46.4 Å². The molecule has 2 aromatic rings. The monoisotopic (exact) mass is 321 g/mol. The first-order chi connectivity index (χ1) is 8.52. The predicted molar refractivity (Wildman–Crippen MR) is 75.6 cm³/mol. The van der Waals surface area contributed by atoms with E-state index in [-0.39, 0.29) is 6.61 Å². The Morgan fingerprint density at radius 2 is 1.61 bits per heavy atom. The van der Waals surface area contributed by atoms with E-state index in [1.165, 1.54) is 12.3 Å². The molecule has 1 aromatic carbocycles. The van der Waals surface area contributed by atoms with Gasteiger partial charge in [0.15, 0.2) is 0 Å². The van der Waals surface area contributed by atoms with Gasteiger partial charge in [0.05, 0.1) is 32.4 Å². The quantitative estimate of drug-likeness (QED) is 0.801. The average molecular weight is 323 g/mol. The van der Waals surface area contributed by atoms with Gasteiger partial charge in [-0.3, -0.25) is 4.98 Å². The van der Waals surface area contributed by atoms with Gasteiger partial charge in [-0.25, -0.2) is 0 Å². The number of nitrogens with zero attached hydrogens (tertiary/aromatic N) is 1. The fraction of sp³-hybridized carbons (Fsp3) is 0.0833. The topological polar surface area (TPSA) is 33.1 Å². The molecule has 0 unspecified atom stereocenters. The molecule has 0 aliphatic rings. The number of rotatable bonds is 2. The molecule has 1 N–H and O–H groups in total. The third-order valence-corrected chi connectivity index (χ3v) is 3.61. The van der Waals surface area contributed by atoms with Gasteiger partial charge < -0.3 is 5.11 Å². The fourth-order valence-electron chi connectivity index (χ4n) is 1.55. The number of pyridine rings is 1. The molecule has 0 spiro atoms. The maximum absolute atomic E-state index is 9.32. The largest absolute Gasteiger partial charge is 0.392 e. The van der Waals surface area contributed by atoms with E-state index in [4.69, 9.17) is 46.4 Å². The number of aliphatic hydroxyl groups excluding tert-OH is 1. The molecule has 1 aromatic heterocycles. The van der Waals surface area contributed by atoms with Gasteiger partial charge in [-0.1, -0.05) is 46.4 Å². The van der Waals surface area contributed by atoms with Crippen LogP contribution in [0.5, 0.6) is 0 Å². The first-order valence-electron chi connectivity index (χ1n) is 4.93. The molecular weight excluding hydrogens is 316 g/mol. The van der Waals surface area contributed by atoms with Gasteiger partial charge >= 0.3 is 0 Å². The van der Waals surface area contributed by atoms with E-state index in [1.807, 2.05) is 0 Å². The van der Waals surface area contributed by atoms with Gasteiger partial charge in [-0.2, -0.15) is 0 Å². The van der Waals surface area contributed by atoms with Gasteiger partial charge in [-0.05, 0) is 18.2 Å². The van der Waals surface area contributed by atoms with Crippen molar-refractivity contribution < 1.29 is 5.11 Å². The summed E-state index contributed by atoms with van der Waals surface area (Å²) in [4.78, 5) is 4.17. The fourth-order valence-corrected chi connectivity index (χ4v) is 2.37. The molecule has 0 atom stereocenters. The summed E-state index contributed by atoms with van der Waals surface area (Å²) in [6.45, 7) is -0.195. The third kappa shape index (κ3) is 2.73. The molecule has 2 nitrogen and oxygen atoms in total. The highest BCUT2D eigenvalue weighted by atomic mass is 35.5. The normalized spacial score (nSPS) is 10.7. The Morgan fingerprint density at radius 1 is 0.944 bits per heavy atom. The Kier molecular flexibility index (Phi) is 4.36. The van der Waals surface area contributed by atoms with Gasteiger partial charge in [0, 0.05) is 17.3 Å². The van der Waals surface area contributed by atoms with Crippen molar-refractivity contribution >= 4 is 46.4 Å². The van der Waals surface area contributed by atoms with E-state index in [1.54, 1.807) is 12.1 Å². The third-order valence-electron chi connectivity index (χ3n) is 2.37. The van der Waals surface area contributed by atoms with Crippen LogP contribution in [0.15, 0.2) is 24.4 Å². The van der Waals surface area contributed by atoms with Crippen molar-refractivity contribution in [3.8, 4) is 11.3 Å². The molecule has 94 valence electrons. The summed E-state index contributed by atoms with van der Waals surface area (Å²) in [7, 11) is 0. The van der Waals surface area contributed by atoms with Crippen molar-refractivity contribution in [2.45, 2.75) is 6.61 Å². The Labute approximate surface area is 124 Å². The molecule has 0 bridgehead atoms. The summed E-state index contributed by atoms with van der Waals surface area (Å²) in [5.41, 5.74) is 1.71. The minimum Gasteiger partial charge on any atom is -0.392 e. The Morgan fingerprint density at radius 3 is 2.28 bits per heavy atom. The number of benzene rings is 1. The average Bonchev–Trinajstić information content (AvgIpc) is 2.34. The molecule has 0 saturated carbocycles. The maximum atomic E-state index is 9.32. The molecule has 1 heterocycles. The zero-order chi connectivity index (χ0) is 13.3. The molecule has 2 rings (SSSR count). The molecule has 0 amide bonds. The Balaban J connectivity index is 2.65. The maximum Gasteiger partial charge on any atom is 0.0773 e. The van der Waals surface area contributed by atoms with E-state index < -0.39 is 0 Å². The van der Waals surface area contributed by atoms with E-state index in [0.29, 0.717) is 36.9 Å². The van der Waals surface area contributed by atoms with Crippen molar-refractivity contribution in [1.29, 1.82) is 0 Å². The molecule has 0 aliphatic heterocycles. The highest BCUT2D eigenvalue weighted by Crippen LogP contribution is 2.36. The van der Waals surface area contributed by atoms with E-state index in [9.17, 15) is 5.11 Å². The number of hydrogen-bond donors (Lipinski definition) is 1. The van der Waals surface area contributed by atoms with Crippen LogP contribution in [-0.4, -0.2) is 10.1 Å². The number of aliphatic hydroxyl groups is 1. The second-order valence-electron chi connectivity index (χ2n) is 3.57. The van der Waals surface area contributed by atoms with Crippen LogP contribution in [0.1, 0.15) is 5.56 Å². The lowest BCUT2D eigenvalue weighted by atomic mass is 10.1. The molecular formula is C12H7Cl4NO. The highest BCUT2D eigenvalue weighted by Gasteiger charge is 2.13. The van der Waals surface area contributed by atoms with Crippen molar-refractivity contribution in [3.63, 3.8) is 0 Å². The summed E-state index contributed by atoms with van der Waals surface area (Å²) in [6.07, 6.45) is 1.48. The smallest absolute Gasteiger partial charge is 0.0773 e. The zero-order valence-corrected chi connectivity index (χ0v) is 11.9.